The zero-order chi connectivity index (χ0) is 36.7. The van der Waals surface area contributed by atoms with Gasteiger partial charge in [-0.3, -0.25) is 0 Å². The van der Waals surface area contributed by atoms with E-state index in [1.165, 1.54) is 10.8 Å². The summed E-state index contributed by atoms with van der Waals surface area (Å²) in [7, 11) is 0. The molecule has 0 saturated heterocycles. The predicted molar refractivity (Wildman–Crippen MR) is 211 cm³/mol. The van der Waals surface area contributed by atoms with Gasteiger partial charge in [-0.2, -0.15) is 0 Å². The number of rotatable bonds is 5. The molecule has 0 atom stereocenters. The number of nitrogens with zero attached hydrogens (tertiary/aromatic N) is 2. The summed E-state index contributed by atoms with van der Waals surface area (Å²) in [6.45, 7) is 0. The van der Waals surface area contributed by atoms with E-state index < -0.39 is 6.04 Å². The molecule has 2 nitrogen and oxygen atoms in total. The van der Waals surface area contributed by atoms with Gasteiger partial charge in [0.05, 0.1) is 23.6 Å². The molecule has 0 aliphatic heterocycles. The van der Waals surface area contributed by atoms with Crippen LogP contribution in [-0.4, -0.2) is 4.57 Å². The van der Waals surface area contributed by atoms with Crippen LogP contribution >= 0.6 is 11.3 Å². The summed E-state index contributed by atoms with van der Waals surface area (Å²) in [4.78, 5) is 2.30. The van der Waals surface area contributed by atoms with Gasteiger partial charge in [-0.25, -0.2) is 0 Å². The highest BCUT2D eigenvalue weighted by atomic mass is 32.1. The van der Waals surface area contributed by atoms with E-state index in [9.17, 15) is 0 Å². The van der Waals surface area contributed by atoms with E-state index in [1.54, 1.807) is 11.3 Å². The van der Waals surface area contributed by atoms with E-state index in [1.807, 2.05) is 41.0 Å². The highest BCUT2D eigenvalue weighted by Gasteiger charge is 2.22. The molecule has 10 aromatic rings. The van der Waals surface area contributed by atoms with Crippen molar-refractivity contribution in [3.8, 4) is 16.8 Å². The topological polar surface area (TPSA) is 8.17 Å². The predicted octanol–water partition coefficient (Wildman–Crippen LogP) is 13.4. The smallest absolute Gasteiger partial charge is 0.0645 e. The van der Waals surface area contributed by atoms with Crippen LogP contribution in [0.5, 0.6) is 0 Å². The average Bonchev–Trinajstić information content (AvgIpc) is 3.76. The molecule has 0 fully saturated rings. The normalized spacial score (nSPS) is 13.1. The van der Waals surface area contributed by atoms with Crippen LogP contribution in [0, 0.1) is 0 Å². The number of hydrogen-bond donors (Lipinski definition) is 0. The first-order chi connectivity index (χ1) is 26.4. The van der Waals surface area contributed by atoms with Crippen LogP contribution in [0.2, 0.25) is 0 Å². The summed E-state index contributed by atoms with van der Waals surface area (Å²) in [6.07, 6.45) is 0. The lowest BCUT2D eigenvalue weighted by Gasteiger charge is -2.27. The third-order valence-corrected chi connectivity index (χ3v) is 10.7. The molecule has 0 aliphatic carbocycles. The van der Waals surface area contributed by atoms with E-state index in [0.29, 0.717) is 0 Å². The van der Waals surface area contributed by atoms with Gasteiger partial charge in [0.25, 0.3) is 0 Å². The van der Waals surface area contributed by atoms with Gasteiger partial charge >= 0.3 is 0 Å². The minimum Gasteiger partial charge on any atom is -0.310 e. The Bertz CT molecular complexity index is 3080. The summed E-state index contributed by atoms with van der Waals surface area (Å²) >= 11 is 1.71. The Balaban J connectivity index is 1.25. The molecule has 0 radical (unpaired) electrons. The maximum absolute atomic E-state index is 9.00. The molecule has 0 bridgehead atoms. The fourth-order valence-corrected chi connectivity index (χ4v) is 8.58. The van der Waals surface area contributed by atoms with Gasteiger partial charge in [0.2, 0.25) is 0 Å². The zero-order valence-electron chi connectivity index (χ0n) is 31.2. The van der Waals surface area contributed by atoms with Gasteiger partial charge in [-0.1, -0.05) is 121 Å². The average molecular weight is 648 g/mol. The molecule has 0 spiro atoms. The van der Waals surface area contributed by atoms with Crippen LogP contribution in [0.3, 0.4) is 0 Å². The van der Waals surface area contributed by atoms with Gasteiger partial charge < -0.3 is 9.47 Å². The molecule has 2 aromatic heterocycles. The number of anilines is 3. The molecule has 230 valence electrons. The minimum atomic E-state index is -0.405. The maximum atomic E-state index is 9.00. The highest BCUT2D eigenvalue weighted by Crippen LogP contribution is 2.48. The van der Waals surface area contributed by atoms with Crippen LogP contribution in [-0.2, 0) is 0 Å². The van der Waals surface area contributed by atoms with Crippen LogP contribution in [0.25, 0.3) is 69.6 Å². The van der Waals surface area contributed by atoms with E-state index in [0.717, 1.165) is 70.2 Å². The van der Waals surface area contributed by atoms with Crippen LogP contribution in [0.1, 0.15) is 6.85 Å². The molecule has 0 amide bonds. The summed E-state index contributed by atoms with van der Waals surface area (Å²) < 4.78 is 47.4. The molecule has 0 aliphatic rings. The van der Waals surface area contributed by atoms with Crippen molar-refractivity contribution in [1.82, 2.24) is 4.57 Å². The van der Waals surface area contributed by atoms with E-state index >= 15 is 0 Å². The first-order valence-corrected chi connectivity index (χ1v) is 17.1. The highest BCUT2D eigenvalue weighted by molar-refractivity contribution is 7.26. The quantitative estimate of drug-likeness (QED) is 0.180. The standard InChI is InChI=1S/C46H30N2S/c1-3-16-33(17-4-1)47(41-24-13-15-31-14-7-8-20-36(31)41)35-28-26-32(27-29-35)39-30-40-37-21-9-11-23-42(37)48(34-18-5-2-6-19-34)45(40)44-38-22-10-12-25-43(38)49-46(39)44/h1-30H/i2D,5D,6D,18D,19D. The fourth-order valence-electron chi connectivity index (χ4n) is 7.34. The molecule has 0 N–H and O–H groups in total. The summed E-state index contributed by atoms with van der Waals surface area (Å²) in [5.74, 6) is 0. The van der Waals surface area contributed by atoms with Crippen LogP contribution in [0.4, 0.5) is 17.1 Å². The Hall–Kier alpha value is -6.16. The number of hydrogen-bond acceptors (Lipinski definition) is 2. The van der Waals surface area contributed by atoms with Crippen molar-refractivity contribution in [1.29, 1.82) is 0 Å². The van der Waals surface area contributed by atoms with Crippen molar-refractivity contribution in [2.45, 2.75) is 0 Å². The largest absolute Gasteiger partial charge is 0.310 e. The van der Waals surface area contributed by atoms with Crippen molar-refractivity contribution < 1.29 is 6.85 Å². The molecule has 3 heteroatoms. The van der Waals surface area contributed by atoms with Crippen molar-refractivity contribution in [2.75, 3.05) is 4.90 Å². The lowest BCUT2D eigenvalue weighted by molar-refractivity contribution is 1.19. The van der Waals surface area contributed by atoms with Crippen molar-refractivity contribution in [3.63, 3.8) is 0 Å². The van der Waals surface area contributed by atoms with Crippen molar-refractivity contribution in [3.05, 3.63) is 182 Å². The molecular weight excluding hydrogens is 613 g/mol. The first kappa shape index (κ1) is 23.2. The summed E-state index contributed by atoms with van der Waals surface area (Å²) in [6, 6.07) is 51.0. The maximum Gasteiger partial charge on any atom is 0.0645 e. The lowest BCUT2D eigenvalue weighted by atomic mass is 9.98. The SMILES string of the molecule is [2H]c1c([2H])c([2H])c(-n2c3ccccc3c3cc(-c4ccc(N(c5ccccc5)c5cccc6ccccc56)cc4)c4sc5ccccc5c4c32)c([2H])c1[2H]. The third kappa shape index (κ3) is 4.40. The monoisotopic (exact) mass is 647 g/mol. The van der Waals surface area contributed by atoms with Crippen LogP contribution in [0.15, 0.2) is 182 Å². The Labute approximate surface area is 295 Å². The van der Waals surface area contributed by atoms with E-state index in [4.69, 9.17) is 6.85 Å². The van der Waals surface area contributed by atoms with E-state index in [-0.39, 0.29) is 29.9 Å². The van der Waals surface area contributed by atoms with Gasteiger partial charge in [0.15, 0.2) is 0 Å². The van der Waals surface area contributed by atoms with Crippen LogP contribution < -0.4 is 4.90 Å². The fraction of sp³-hybridized carbons (Fsp3) is 0. The first-order valence-electron chi connectivity index (χ1n) is 18.8. The third-order valence-electron chi connectivity index (χ3n) is 9.45. The number of aromatic nitrogens is 1. The number of benzene rings is 8. The van der Waals surface area contributed by atoms with Crippen molar-refractivity contribution in [2.24, 2.45) is 0 Å². The minimum absolute atomic E-state index is 0.148. The molecule has 8 aromatic carbocycles. The molecule has 49 heavy (non-hydrogen) atoms. The number of fused-ring (bicyclic) bond motifs is 8. The molecule has 0 unspecified atom stereocenters. The van der Waals surface area contributed by atoms with Gasteiger partial charge in [0, 0.05) is 59.0 Å². The Kier molecular flexibility index (Phi) is 5.32. The Morgan fingerprint density at radius 1 is 0.551 bits per heavy atom. The number of thiophene rings is 1. The zero-order valence-corrected chi connectivity index (χ0v) is 27.1. The second-order valence-corrected chi connectivity index (χ2v) is 13.2. The molecule has 10 rings (SSSR count). The summed E-state index contributed by atoms with van der Waals surface area (Å²) in [5, 5.41) is 6.30. The summed E-state index contributed by atoms with van der Waals surface area (Å²) in [5.41, 5.74) is 7.09. The van der Waals surface area contributed by atoms with Crippen molar-refractivity contribution >= 4 is 81.1 Å². The van der Waals surface area contributed by atoms with Gasteiger partial charge in [0.1, 0.15) is 0 Å². The molecule has 2 heterocycles. The lowest BCUT2D eigenvalue weighted by Crippen LogP contribution is -2.10. The molecule has 0 saturated carbocycles. The molecular formula is C46H30N2S. The van der Waals surface area contributed by atoms with E-state index in [2.05, 4.69) is 120 Å². The van der Waals surface area contributed by atoms with Gasteiger partial charge in [-0.15, -0.1) is 11.3 Å². The second kappa shape index (κ2) is 11.2. The Morgan fingerprint density at radius 3 is 2.06 bits per heavy atom. The number of para-hydroxylation sites is 3. The Morgan fingerprint density at radius 2 is 1.22 bits per heavy atom. The van der Waals surface area contributed by atoms with Gasteiger partial charge in [-0.05, 0) is 71.6 Å². The second-order valence-electron chi connectivity index (χ2n) is 12.2.